The van der Waals surface area contributed by atoms with Gasteiger partial charge in [-0.05, 0) is 43.7 Å². The van der Waals surface area contributed by atoms with Gasteiger partial charge in [-0.25, -0.2) is 9.37 Å². The Morgan fingerprint density at radius 2 is 2.00 bits per heavy atom. The van der Waals surface area contributed by atoms with Gasteiger partial charge in [0.2, 0.25) is 0 Å². The van der Waals surface area contributed by atoms with Gasteiger partial charge < -0.3 is 9.64 Å². The van der Waals surface area contributed by atoms with E-state index in [2.05, 4.69) is 16.9 Å². The summed E-state index contributed by atoms with van der Waals surface area (Å²) >= 11 is 6.01. The summed E-state index contributed by atoms with van der Waals surface area (Å²) < 4.78 is 21.1. The second-order valence-electron chi connectivity index (χ2n) is 9.28. The van der Waals surface area contributed by atoms with Crippen LogP contribution >= 0.6 is 11.6 Å². The lowest BCUT2D eigenvalue weighted by Gasteiger charge is -2.40. The van der Waals surface area contributed by atoms with Gasteiger partial charge in [-0.2, -0.15) is 5.10 Å². The van der Waals surface area contributed by atoms with Crippen LogP contribution in [0.5, 0.6) is 0 Å². The number of pyridine rings is 2. The maximum Gasteiger partial charge on any atom is 0.134 e. The van der Waals surface area contributed by atoms with E-state index in [1.54, 1.807) is 12.1 Å². The lowest BCUT2D eigenvalue weighted by atomic mass is 9.85. The van der Waals surface area contributed by atoms with Crippen molar-refractivity contribution in [3.63, 3.8) is 0 Å². The zero-order valence-corrected chi connectivity index (χ0v) is 20.0. The molecular weight excluding hydrogens is 441 g/mol. The highest BCUT2D eigenvalue weighted by Gasteiger charge is 2.41. The fourth-order valence-electron chi connectivity index (χ4n) is 4.65. The Labute approximate surface area is 198 Å². The number of nitrogens with zero attached hydrogens (tertiary/aromatic N) is 5. The number of aryl methyl sites for hydroxylation is 2. The van der Waals surface area contributed by atoms with Crippen molar-refractivity contribution < 1.29 is 9.13 Å². The van der Waals surface area contributed by atoms with Gasteiger partial charge in [0, 0.05) is 60.6 Å². The number of ether oxygens (including phenoxy) is 1. The fourth-order valence-corrected chi connectivity index (χ4v) is 4.81. The first kappa shape index (κ1) is 22.0. The highest BCUT2D eigenvalue weighted by Crippen LogP contribution is 2.35. The highest BCUT2D eigenvalue weighted by molar-refractivity contribution is 6.30. The summed E-state index contributed by atoms with van der Waals surface area (Å²) in [5.74, 6) is 0.368. The predicted octanol–water partition coefficient (Wildman–Crippen LogP) is 4.85. The van der Waals surface area contributed by atoms with Crippen molar-refractivity contribution >= 4 is 34.5 Å². The maximum atomic E-state index is 15.0. The zero-order valence-electron chi connectivity index (χ0n) is 19.3. The molecule has 4 heterocycles. The van der Waals surface area contributed by atoms with Crippen molar-refractivity contribution in [2.45, 2.75) is 26.9 Å². The normalized spacial score (nSPS) is 23.0. The average molecular weight is 468 g/mol. The summed E-state index contributed by atoms with van der Waals surface area (Å²) in [6.45, 7) is 8.92. The number of hydrazone groups is 1. The molecule has 0 radical (unpaired) electrons. The molecule has 1 fully saturated rings. The van der Waals surface area contributed by atoms with Gasteiger partial charge >= 0.3 is 0 Å². The molecule has 0 N–H and O–H groups in total. The minimum Gasteiger partial charge on any atom is -0.374 e. The van der Waals surface area contributed by atoms with Crippen LogP contribution in [0.1, 0.15) is 18.2 Å². The molecular formula is C25H27ClFN5O. The molecule has 8 heteroatoms. The molecule has 1 unspecified atom stereocenters. The number of fused-ring (bicyclic) bond motifs is 1. The molecule has 2 aromatic heterocycles. The van der Waals surface area contributed by atoms with Gasteiger partial charge in [0.1, 0.15) is 11.6 Å². The van der Waals surface area contributed by atoms with E-state index in [9.17, 15) is 4.39 Å². The third-order valence-electron chi connectivity index (χ3n) is 6.67. The monoisotopic (exact) mass is 467 g/mol. The fraction of sp³-hybridized carbons (Fsp3) is 0.400. The molecule has 1 saturated heterocycles. The molecule has 2 atom stereocenters. The van der Waals surface area contributed by atoms with E-state index in [1.165, 1.54) is 6.07 Å². The molecule has 2 aliphatic rings. The minimum atomic E-state index is -0.399. The van der Waals surface area contributed by atoms with E-state index in [0.717, 1.165) is 34.5 Å². The topological polar surface area (TPSA) is 53.9 Å². The number of rotatable bonds is 3. The molecule has 172 valence electrons. The van der Waals surface area contributed by atoms with Crippen LogP contribution in [0, 0.1) is 25.1 Å². The second-order valence-corrected chi connectivity index (χ2v) is 9.72. The summed E-state index contributed by atoms with van der Waals surface area (Å²) in [5.41, 5.74) is 3.59. The first-order valence-electron chi connectivity index (χ1n) is 11.1. The van der Waals surface area contributed by atoms with E-state index >= 15 is 0 Å². The third kappa shape index (κ3) is 4.04. The minimum absolute atomic E-state index is 0.0270. The molecule has 0 aliphatic carbocycles. The molecule has 5 rings (SSSR count). The number of halogens is 2. The van der Waals surface area contributed by atoms with Crippen LogP contribution in [0.4, 0.5) is 10.2 Å². The summed E-state index contributed by atoms with van der Waals surface area (Å²) in [7, 11) is 1.97. The molecule has 0 spiro atoms. The van der Waals surface area contributed by atoms with Crippen LogP contribution in [0.25, 0.3) is 22.2 Å². The van der Waals surface area contributed by atoms with Crippen LogP contribution in [-0.4, -0.2) is 60.6 Å². The first-order chi connectivity index (χ1) is 15.7. The van der Waals surface area contributed by atoms with Gasteiger partial charge in [0.25, 0.3) is 0 Å². The Kier molecular flexibility index (Phi) is 5.49. The van der Waals surface area contributed by atoms with E-state index < -0.39 is 5.82 Å². The molecule has 33 heavy (non-hydrogen) atoms. The first-order valence-corrected chi connectivity index (χ1v) is 11.5. The van der Waals surface area contributed by atoms with Crippen LogP contribution < -0.4 is 4.90 Å². The van der Waals surface area contributed by atoms with E-state index in [0.29, 0.717) is 36.0 Å². The SMILES string of the molecule is Cc1cc2c(-c3ccc(Cl)cc3F)nc(N3CCO[C@H](C4(C)C=NN(C)C4)C3)cc2nc1C. The molecule has 1 aromatic carbocycles. The quantitative estimate of drug-likeness (QED) is 0.551. The van der Waals surface area contributed by atoms with Crippen molar-refractivity contribution in [2.24, 2.45) is 10.5 Å². The van der Waals surface area contributed by atoms with Crippen LogP contribution in [0.15, 0.2) is 35.4 Å². The molecule has 6 nitrogen and oxygen atoms in total. The van der Waals surface area contributed by atoms with Crippen molar-refractivity contribution in [3.8, 4) is 11.3 Å². The van der Waals surface area contributed by atoms with Gasteiger partial charge in [0.15, 0.2) is 0 Å². The Morgan fingerprint density at radius 1 is 1.18 bits per heavy atom. The third-order valence-corrected chi connectivity index (χ3v) is 6.91. The summed E-state index contributed by atoms with van der Waals surface area (Å²) in [4.78, 5) is 12.0. The summed E-state index contributed by atoms with van der Waals surface area (Å²) in [6, 6.07) is 8.74. The molecule has 2 aliphatic heterocycles. The van der Waals surface area contributed by atoms with Gasteiger partial charge in [-0.1, -0.05) is 18.5 Å². The maximum absolute atomic E-state index is 15.0. The van der Waals surface area contributed by atoms with E-state index in [-0.39, 0.29) is 11.5 Å². The number of anilines is 1. The lowest BCUT2D eigenvalue weighted by Crippen LogP contribution is -2.52. The summed E-state index contributed by atoms with van der Waals surface area (Å²) in [5, 5.41) is 7.54. The molecule has 0 bridgehead atoms. The Balaban J connectivity index is 1.60. The molecule has 3 aromatic rings. The number of benzene rings is 1. The number of aromatic nitrogens is 2. The van der Waals surface area contributed by atoms with Crippen molar-refractivity contribution in [2.75, 3.05) is 38.2 Å². The van der Waals surface area contributed by atoms with Crippen molar-refractivity contribution in [1.29, 1.82) is 0 Å². The van der Waals surface area contributed by atoms with Crippen LogP contribution in [-0.2, 0) is 4.74 Å². The standard InChI is InChI=1S/C25H27ClFN5O/c1-15-9-19-21(29-16(15)2)11-23(30-24(19)18-6-5-17(26)10-20(18)27)32-7-8-33-22(12-32)25(3)13-28-31(4)14-25/h5-6,9-11,13,22H,7-8,12,14H2,1-4H3/t22-,25?/m0/s1. The van der Waals surface area contributed by atoms with Crippen molar-refractivity contribution in [3.05, 3.63) is 52.4 Å². The molecule has 0 saturated carbocycles. The Morgan fingerprint density at radius 3 is 2.73 bits per heavy atom. The number of morpholine rings is 1. The smallest absolute Gasteiger partial charge is 0.134 e. The van der Waals surface area contributed by atoms with E-state index in [4.69, 9.17) is 26.3 Å². The Hall–Kier alpha value is -2.77. The highest BCUT2D eigenvalue weighted by atomic mass is 35.5. The van der Waals surface area contributed by atoms with Gasteiger partial charge in [0.05, 0.1) is 29.3 Å². The Bertz CT molecular complexity index is 1270. The number of hydrogen-bond acceptors (Lipinski definition) is 6. The van der Waals surface area contributed by atoms with Gasteiger partial charge in [-0.15, -0.1) is 0 Å². The van der Waals surface area contributed by atoms with Crippen molar-refractivity contribution in [1.82, 2.24) is 15.0 Å². The number of hydrogen-bond donors (Lipinski definition) is 0. The predicted molar refractivity (Wildman–Crippen MR) is 131 cm³/mol. The second kappa shape index (κ2) is 8.22. The van der Waals surface area contributed by atoms with Crippen LogP contribution in [0.3, 0.4) is 0 Å². The van der Waals surface area contributed by atoms with E-state index in [1.807, 2.05) is 44.3 Å². The lowest BCUT2D eigenvalue weighted by molar-refractivity contribution is -0.0156. The van der Waals surface area contributed by atoms with Gasteiger partial charge in [-0.3, -0.25) is 9.99 Å². The van der Waals surface area contributed by atoms with Crippen LogP contribution in [0.2, 0.25) is 5.02 Å². The average Bonchev–Trinajstić information content (AvgIpc) is 3.14. The zero-order chi connectivity index (χ0) is 23.3. The largest absolute Gasteiger partial charge is 0.374 e. The summed E-state index contributed by atoms with van der Waals surface area (Å²) in [6.07, 6.45) is 1.96. The molecule has 0 amide bonds.